The van der Waals surface area contributed by atoms with Crippen LogP contribution in [0.15, 0.2) is 34.2 Å². The summed E-state index contributed by atoms with van der Waals surface area (Å²) in [7, 11) is 0. The summed E-state index contributed by atoms with van der Waals surface area (Å²) in [6.45, 7) is 5.24. The van der Waals surface area contributed by atoms with E-state index >= 15 is 0 Å². The van der Waals surface area contributed by atoms with Crippen molar-refractivity contribution in [3.8, 4) is 0 Å². The van der Waals surface area contributed by atoms with Crippen LogP contribution in [-0.4, -0.2) is 29.1 Å². The van der Waals surface area contributed by atoms with Gasteiger partial charge in [-0.15, -0.1) is 0 Å². The Morgan fingerprint density at radius 3 is 2.58 bits per heavy atom. The first kappa shape index (κ1) is 14.2. The van der Waals surface area contributed by atoms with Crippen molar-refractivity contribution in [3.05, 3.63) is 39.8 Å². The van der Waals surface area contributed by atoms with Gasteiger partial charge in [0, 0.05) is 18.1 Å². The SMILES string of the molecule is CCN=C1S/C(=C\c2ccc(Cl)cc2)C(=O)N1CC. The van der Waals surface area contributed by atoms with Crippen molar-refractivity contribution >= 4 is 40.5 Å². The number of nitrogens with zero attached hydrogens (tertiary/aromatic N) is 2. The summed E-state index contributed by atoms with van der Waals surface area (Å²) in [5.74, 6) is 0.0228. The smallest absolute Gasteiger partial charge is 0.266 e. The standard InChI is InChI=1S/C14H15ClN2OS/c1-3-16-14-17(4-2)13(18)12(19-14)9-10-5-7-11(15)8-6-10/h5-9H,3-4H2,1-2H3/b12-9-,16-14?. The van der Waals surface area contributed by atoms with E-state index in [0.717, 1.165) is 10.7 Å². The second-order valence-electron chi connectivity index (χ2n) is 3.97. The number of thioether (sulfide) groups is 1. The Morgan fingerprint density at radius 1 is 1.32 bits per heavy atom. The molecule has 19 heavy (non-hydrogen) atoms. The molecule has 1 aromatic rings. The molecule has 0 bridgehead atoms. The molecule has 5 heteroatoms. The van der Waals surface area contributed by atoms with Gasteiger partial charge < -0.3 is 0 Å². The number of benzene rings is 1. The zero-order valence-corrected chi connectivity index (χ0v) is 12.5. The highest BCUT2D eigenvalue weighted by molar-refractivity contribution is 8.18. The Bertz CT molecular complexity index is 537. The van der Waals surface area contributed by atoms with Crippen LogP contribution in [0.1, 0.15) is 19.4 Å². The Morgan fingerprint density at radius 2 is 2.00 bits per heavy atom. The Labute approximate surface area is 122 Å². The van der Waals surface area contributed by atoms with Gasteiger partial charge in [-0.25, -0.2) is 0 Å². The van der Waals surface area contributed by atoms with Crippen LogP contribution >= 0.6 is 23.4 Å². The zero-order valence-electron chi connectivity index (χ0n) is 10.9. The molecule has 0 atom stereocenters. The number of amidine groups is 1. The predicted molar refractivity (Wildman–Crippen MR) is 82.4 cm³/mol. The van der Waals surface area contributed by atoms with Crippen LogP contribution in [0.2, 0.25) is 5.02 Å². The van der Waals surface area contributed by atoms with E-state index in [1.807, 2.05) is 44.2 Å². The number of hydrogen-bond donors (Lipinski definition) is 0. The molecule has 0 spiro atoms. The summed E-state index contributed by atoms with van der Waals surface area (Å²) in [4.78, 5) is 19.0. The van der Waals surface area contributed by atoms with Crippen molar-refractivity contribution in [2.24, 2.45) is 4.99 Å². The molecule has 0 aliphatic carbocycles. The van der Waals surface area contributed by atoms with Crippen LogP contribution in [0.4, 0.5) is 0 Å². The summed E-state index contributed by atoms with van der Waals surface area (Å²) >= 11 is 7.28. The third kappa shape index (κ3) is 3.19. The molecule has 1 saturated heterocycles. The van der Waals surface area contributed by atoms with E-state index in [-0.39, 0.29) is 5.91 Å². The minimum absolute atomic E-state index is 0.0228. The molecule has 1 amide bonds. The molecule has 1 aromatic carbocycles. The van der Waals surface area contributed by atoms with Gasteiger partial charge in [0.1, 0.15) is 0 Å². The maximum Gasteiger partial charge on any atom is 0.266 e. The topological polar surface area (TPSA) is 32.7 Å². The highest BCUT2D eigenvalue weighted by atomic mass is 35.5. The first-order valence-corrected chi connectivity index (χ1v) is 7.36. The van der Waals surface area contributed by atoms with Crippen molar-refractivity contribution in [1.29, 1.82) is 0 Å². The fraction of sp³-hybridized carbons (Fsp3) is 0.286. The van der Waals surface area contributed by atoms with Gasteiger partial charge in [0.15, 0.2) is 5.17 Å². The summed E-state index contributed by atoms with van der Waals surface area (Å²) in [5.41, 5.74) is 0.967. The minimum Gasteiger partial charge on any atom is -0.287 e. The largest absolute Gasteiger partial charge is 0.287 e. The molecule has 1 fully saturated rings. The Hall–Kier alpha value is -1.26. The van der Waals surface area contributed by atoms with Crippen LogP contribution in [-0.2, 0) is 4.79 Å². The molecule has 3 nitrogen and oxygen atoms in total. The number of rotatable bonds is 3. The van der Waals surface area contributed by atoms with Crippen molar-refractivity contribution in [3.63, 3.8) is 0 Å². The molecule has 0 unspecified atom stereocenters. The number of aliphatic imine (C=N–C) groups is 1. The van der Waals surface area contributed by atoms with Crippen LogP contribution in [0, 0.1) is 0 Å². The van der Waals surface area contributed by atoms with E-state index in [0.29, 0.717) is 23.0 Å². The lowest BCUT2D eigenvalue weighted by atomic mass is 10.2. The van der Waals surface area contributed by atoms with Gasteiger partial charge in [0.25, 0.3) is 5.91 Å². The molecule has 0 saturated carbocycles. The highest BCUT2D eigenvalue weighted by Gasteiger charge is 2.31. The van der Waals surface area contributed by atoms with Gasteiger partial charge in [0.2, 0.25) is 0 Å². The summed E-state index contributed by atoms with van der Waals surface area (Å²) in [5, 5.41) is 1.48. The summed E-state index contributed by atoms with van der Waals surface area (Å²) < 4.78 is 0. The van der Waals surface area contributed by atoms with E-state index < -0.39 is 0 Å². The third-order valence-corrected chi connectivity index (χ3v) is 3.96. The number of amides is 1. The van der Waals surface area contributed by atoms with Crippen molar-refractivity contribution < 1.29 is 4.79 Å². The van der Waals surface area contributed by atoms with E-state index in [1.54, 1.807) is 4.90 Å². The highest BCUT2D eigenvalue weighted by Crippen LogP contribution is 2.32. The van der Waals surface area contributed by atoms with Gasteiger partial charge in [-0.05, 0) is 49.4 Å². The molecular weight excluding hydrogens is 280 g/mol. The molecule has 0 aromatic heterocycles. The molecule has 1 aliphatic heterocycles. The Kier molecular flexibility index (Phi) is 4.66. The van der Waals surface area contributed by atoms with Gasteiger partial charge in [0.05, 0.1) is 4.91 Å². The van der Waals surface area contributed by atoms with Gasteiger partial charge in [-0.1, -0.05) is 23.7 Å². The quantitative estimate of drug-likeness (QED) is 0.797. The maximum atomic E-state index is 12.2. The van der Waals surface area contributed by atoms with Crippen LogP contribution in [0.3, 0.4) is 0 Å². The lowest BCUT2D eigenvalue weighted by molar-refractivity contribution is -0.122. The molecule has 0 N–H and O–H groups in total. The average Bonchev–Trinajstić information content (AvgIpc) is 2.69. The molecule has 1 aliphatic rings. The van der Waals surface area contributed by atoms with Gasteiger partial charge >= 0.3 is 0 Å². The number of likely N-dealkylation sites (N-methyl/N-ethyl adjacent to an activating group) is 1. The number of hydrogen-bond acceptors (Lipinski definition) is 3. The van der Waals surface area contributed by atoms with E-state index in [1.165, 1.54) is 11.8 Å². The lowest BCUT2D eigenvalue weighted by Gasteiger charge is -2.11. The first-order valence-electron chi connectivity index (χ1n) is 6.17. The Balaban J connectivity index is 2.28. The molecule has 2 rings (SSSR count). The zero-order chi connectivity index (χ0) is 13.8. The maximum absolute atomic E-state index is 12.2. The first-order chi connectivity index (χ1) is 9.15. The fourth-order valence-corrected chi connectivity index (χ4v) is 2.98. The number of halogens is 1. The summed E-state index contributed by atoms with van der Waals surface area (Å²) in [6.07, 6.45) is 1.88. The minimum atomic E-state index is 0.0228. The van der Waals surface area contributed by atoms with Crippen molar-refractivity contribution in [2.75, 3.05) is 13.1 Å². The van der Waals surface area contributed by atoms with Gasteiger partial charge in [-0.3, -0.25) is 14.7 Å². The van der Waals surface area contributed by atoms with Gasteiger partial charge in [-0.2, -0.15) is 0 Å². The number of carbonyl (C=O) groups is 1. The van der Waals surface area contributed by atoms with Crippen LogP contribution in [0.25, 0.3) is 6.08 Å². The molecule has 100 valence electrons. The lowest BCUT2D eigenvalue weighted by Crippen LogP contribution is -2.28. The van der Waals surface area contributed by atoms with Crippen LogP contribution in [0.5, 0.6) is 0 Å². The third-order valence-electron chi connectivity index (χ3n) is 2.67. The molecule has 0 radical (unpaired) electrons. The van der Waals surface area contributed by atoms with E-state index in [4.69, 9.17) is 11.6 Å². The van der Waals surface area contributed by atoms with E-state index in [2.05, 4.69) is 4.99 Å². The second-order valence-corrected chi connectivity index (χ2v) is 5.41. The van der Waals surface area contributed by atoms with E-state index in [9.17, 15) is 4.79 Å². The number of carbonyl (C=O) groups excluding carboxylic acids is 1. The molecular formula is C14H15ClN2OS. The predicted octanol–water partition coefficient (Wildman–Crippen LogP) is 3.65. The normalized spacial score (nSPS) is 19.7. The monoisotopic (exact) mass is 294 g/mol. The van der Waals surface area contributed by atoms with Crippen LogP contribution < -0.4 is 0 Å². The molecule has 1 heterocycles. The fourth-order valence-electron chi connectivity index (χ4n) is 1.75. The average molecular weight is 295 g/mol. The summed E-state index contributed by atoms with van der Waals surface area (Å²) in [6, 6.07) is 7.43. The van der Waals surface area contributed by atoms with Crippen molar-refractivity contribution in [1.82, 2.24) is 4.90 Å². The van der Waals surface area contributed by atoms with Crippen molar-refractivity contribution in [2.45, 2.75) is 13.8 Å². The second kappa shape index (κ2) is 6.26.